The van der Waals surface area contributed by atoms with Crippen LogP contribution in [-0.2, 0) is 14.3 Å². The fraction of sp³-hybridized carbons (Fsp3) is 0.818. The minimum atomic E-state index is -0.801. The van der Waals surface area contributed by atoms with Crippen molar-refractivity contribution in [3.05, 3.63) is 0 Å². The number of rotatable bonds is 4. The third kappa shape index (κ3) is 2.52. The summed E-state index contributed by atoms with van der Waals surface area (Å²) in [6.45, 7) is 2.83. The van der Waals surface area contributed by atoms with Crippen molar-refractivity contribution in [3.8, 4) is 0 Å². The van der Waals surface area contributed by atoms with E-state index in [0.717, 1.165) is 6.42 Å². The summed E-state index contributed by atoms with van der Waals surface area (Å²) in [5.41, 5.74) is -0.762. The number of hydrogen-bond acceptors (Lipinski definition) is 3. The lowest BCUT2D eigenvalue weighted by molar-refractivity contribution is -0.156. The van der Waals surface area contributed by atoms with Crippen LogP contribution in [0.5, 0.6) is 0 Å². The van der Waals surface area contributed by atoms with Crippen LogP contribution >= 0.6 is 0 Å². The van der Waals surface area contributed by atoms with E-state index in [2.05, 4.69) is 0 Å². The monoisotopic (exact) mass is 229 g/mol. The lowest BCUT2D eigenvalue weighted by atomic mass is 9.77. The van der Waals surface area contributed by atoms with Gasteiger partial charge in [0, 0.05) is 20.2 Å². The molecule has 1 amide bonds. The zero-order valence-electron chi connectivity index (χ0n) is 9.86. The maximum atomic E-state index is 11.6. The first-order chi connectivity index (χ1) is 7.55. The lowest BCUT2D eigenvalue weighted by Gasteiger charge is -2.39. The van der Waals surface area contributed by atoms with Crippen LogP contribution in [0.2, 0.25) is 0 Å². The van der Waals surface area contributed by atoms with Crippen molar-refractivity contribution in [1.29, 1.82) is 0 Å². The third-order valence-electron chi connectivity index (χ3n) is 3.33. The molecule has 1 aliphatic rings. The molecule has 1 N–H and O–H groups in total. The Morgan fingerprint density at radius 2 is 2.19 bits per heavy atom. The summed E-state index contributed by atoms with van der Waals surface area (Å²) < 4.78 is 4.78. The molecule has 92 valence electrons. The van der Waals surface area contributed by atoms with E-state index >= 15 is 0 Å². The summed E-state index contributed by atoms with van der Waals surface area (Å²) in [6.07, 6.45) is 1.95. The molecule has 5 heteroatoms. The maximum absolute atomic E-state index is 11.6. The number of piperidine rings is 1. The van der Waals surface area contributed by atoms with Crippen LogP contribution in [0.1, 0.15) is 26.2 Å². The number of carboxylic acid groups (broad SMARTS) is 1. The fourth-order valence-corrected chi connectivity index (χ4v) is 2.17. The quantitative estimate of drug-likeness (QED) is 0.772. The Hall–Kier alpha value is -1.10. The average Bonchev–Trinajstić information content (AvgIpc) is 2.29. The number of likely N-dealkylation sites (tertiary alicyclic amines) is 1. The molecule has 0 aromatic heterocycles. The average molecular weight is 229 g/mol. The number of carbonyl (C=O) groups is 2. The fourth-order valence-electron chi connectivity index (χ4n) is 2.17. The Labute approximate surface area is 95.4 Å². The molecule has 1 saturated heterocycles. The van der Waals surface area contributed by atoms with Gasteiger partial charge in [-0.1, -0.05) is 6.92 Å². The zero-order chi connectivity index (χ0) is 12.2. The molecule has 1 aliphatic heterocycles. The molecule has 0 radical (unpaired) electrons. The molecule has 16 heavy (non-hydrogen) atoms. The number of aliphatic carboxylic acids is 1. The van der Waals surface area contributed by atoms with Crippen molar-refractivity contribution in [2.24, 2.45) is 5.41 Å². The topological polar surface area (TPSA) is 66.8 Å². The van der Waals surface area contributed by atoms with Gasteiger partial charge in [0.1, 0.15) is 6.61 Å². The van der Waals surface area contributed by atoms with Gasteiger partial charge in [-0.3, -0.25) is 9.59 Å². The summed E-state index contributed by atoms with van der Waals surface area (Å²) in [4.78, 5) is 24.5. The Balaban J connectivity index is 2.72. The highest BCUT2D eigenvalue weighted by atomic mass is 16.5. The van der Waals surface area contributed by atoms with Gasteiger partial charge in [0.05, 0.1) is 5.41 Å². The molecular weight excluding hydrogens is 210 g/mol. The highest BCUT2D eigenvalue weighted by Gasteiger charge is 2.41. The van der Waals surface area contributed by atoms with Crippen molar-refractivity contribution in [1.82, 2.24) is 4.90 Å². The van der Waals surface area contributed by atoms with E-state index in [1.807, 2.05) is 6.92 Å². The van der Waals surface area contributed by atoms with Crippen molar-refractivity contribution in [3.63, 3.8) is 0 Å². The van der Waals surface area contributed by atoms with Crippen molar-refractivity contribution in [2.45, 2.75) is 26.2 Å². The Morgan fingerprint density at radius 3 is 2.69 bits per heavy atom. The minimum Gasteiger partial charge on any atom is -0.481 e. The number of carboxylic acids is 1. The second kappa shape index (κ2) is 5.30. The molecule has 0 bridgehead atoms. The third-order valence-corrected chi connectivity index (χ3v) is 3.33. The molecule has 0 aromatic rings. The first-order valence-corrected chi connectivity index (χ1v) is 5.56. The molecule has 0 spiro atoms. The summed E-state index contributed by atoms with van der Waals surface area (Å²) in [6, 6.07) is 0. The second-order valence-corrected chi connectivity index (χ2v) is 4.29. The normalized spacial score (nSPS) is 25.5. The van der Waals surface area contributed by atoms with E-state index in [1.165, 1.54) is 7.11 Å². The van der Waals surface area contributed by atoms with Crippen LogP contribution in [-0.4, -0.2) is 48.7 Å². The number of nitrogens with zero attached hydrogens (tertiary/aromatic N) is 1. The van der Waals surface area contributed by atoms with Crippen LogP contribution in [0.4, 0.5) is 0 Å². The molecule has 0 aliphatic carbocycles. The summed E-state index contributed by atoms with van der Waals surface area (Å²) >= 11 is 0. The van der Waals surface area contributed by atoms with Gasteiger partial charge in [-0.2, -0.15) is 0 Å². The summed E-state index contributed by atoms with van der Waals surface area (Å²) in [5.74, 6) is -0.925. The standard InChI is InChI=1S/C11H19NO4/c1-3-11(10(14)15)5-4-6-12(8-11)9(13)7-16-2/h3-8H2,1-2H3,(H,14,15). The van der Waals surface area contributed by atoms with Gasteiger partial charge in [0.25, 0.3) is 0 Å². The Kier molecular flexibility index (Phi) is 4.29. The Morgan fingerprint density at radius 1 is 1.50 bits per heavy atom. The van der Waals surface area contributed by atoms with Crippen LogP contribution in [0.15, 0.2) is 0 Å². The van der Waals surface area contributed by atoms with Gasteiger partial charge in [0.2, 0.25) is 5.91 Å². The molecule has 5 nitrogen and oxygen atoms in total. The summed E-state index contributed by atoms with van der Waals surface area (Å²) in [5, 5.41) is 9.25. The predicted molar refractivity (Wildman–Crippen MR) is 58.0 cm³/mol. The van der Waals surface area contributed by atoms with E-state index in [1.54, 1.807) is 4.90 Å². The number of carbonyl (C=O) groups excluding carboxylic acids is 1. The number of amides is 1. The van der Waals surface area contributed by atoms with Crippen molar-refractivity contribution >= 4 is 11.9 Å². The van der Waals surface area contributed by atoms with E-state index in [9.17, 15) is 14.7 Å². The van der Waals surface area contributed by atoms with E-state index in [4.69, 9.17) is 4.74 Å². The van der Waals surface area contributed by atoms with Crippen LogP contribution in [0.3, 0.4) is 0 Å². The molecule has 1 atom stereocenters. The Bertz CT molecular complexity index is 279. The maximum Gasteiger partial charge on any atom is 0.311 e. The number of hydrogen-bond donors (Lipinski definition) is 1. The van der Waals surface area contributed by atoms with Gasteiger partial charge in [0.15, 0.2) is 0 Å². The van der Waals surface area contributed by atoms with E-state index < -0.39 is 11.4 Å². The smallest absolute Gasteiger partial charge is 0.311 e. The van der Waals surface area contributed by atoms with Gasteiger partial charge in [-0.05, 0) is 19.3 Å². The van der Waals surface area contributed by atoms with Crippen LogP contribution < -0.4 is 0 Å². The van der Waals surface area contributed by atoms with Gasteiger partial charge >= 0.3 is 5.97 Å². The van der Waals surface area contributed by atoms with Gasteiger partial charge in [-0.25, -0.2) is 0 Å². The van der Waals surface area contributed by atoms with Crippen molar-refractivity contribution < 1.29 is 19.4 Å². The first kappa shape index (κ1) is 13.0. The number of ether oxygens (including phenoxy) is 1. The van der Waals surface area contributed by atoms with E-state index in [-0.39, 0.29) is 12.5 Å². The largest absolute Gasteiger partial charge is 0.481 e. The molecule has 1 heterocycles. The van der Waals surface area contributed by atoms with Crippen LogP contribution in [0, 0.1) is 5.41 Å². The molecule has 1 fully saturated rings. The minimum absolute atomic E-state index is 0.0272. The highest BCUT2D eigenvalue weighted by molar-refractivity contribution is 5.80. The zero-order valence-corrected chi connectivity index (χ0v) is 9.86. The lowest BCUT2D eigenvalue weighted by Crippen LogP contribution is -2.50. The van der Waals surface area contributed by atoms with Crippen molar-refractivity contribution in [2.75, 3.05) is 26.8 Å². The molecule has 0 aromatic carbocycles. The van der Waals surface area contributed by atoms with Gasteiger partial charge < -0.3 is 14.7 Å². The molecule has 1 unspecified atom stereocenters. The van der Waals surface area contributed by atoms with Crippen LogP contribution in [0.25, 0.3) is 0 Å². The first-order valence-electron chi connectivity index (χ1n) is 5.56. The second-order valence-electron chi connectivity index (χ2n) is 4.29. The molecule has 1 rings (SSSR count). The summed E-state index contributed by atoms with van der Waals surface area (Å²) in [7, 11) is 1.46. The SMILES string of the molecule is CCC1(C(=O)O)CCCN(C(=O)COC)C1. The molecular formula is C11H19NO4. The predicted octanol–water partition coefficient (Wildman–Crippen LogP) is 0.736. The molecule has 0 saturated carbocycles. The highest BCUT2D eigenvalue weighted by Crippen LogP contribution is 2.33. The number of methoxy groups -OCH3 is 1. The van der Waals surface area contributed by atoms with E-state index in [0.29, 0.717) is 25.9 Å². The van der Waals surface area contributed by atoms with Gasteiger partial charge in [-0.15, -0.1) is 0 Å².